The van der Waals surface area contributed by atoms with Gasteiger partial charge in [0.25, 0.3) is 0 Å². The Hall–Kier alpha value is 0.363. The molecule has 0 aromatic rings. The maximum atomic E-state index is 2.24. The minimum atomic E-state index is 1.23. The first kappa shape index (κ1) is 7.47. The topological polar surface area (TPSA) is 0 Å². The van der Waals surface area contributed by atoms with Crippen molar-refractivity contribution in [3.05, 3.63) is 20.0 Å². The third-order valence-electron chi connectivity index (χ3n) is 1.97. The van der Waals surface area contributed by atoms with E-state index in [1.54, 1.807) is 44.7 Å². The Bertz CT molecular complexity index is 175. The molecule has 0 aromatic carbocycles. The van der Waals surface area contributed by atoms with Crippen LogP contribution in [-0.4, -0.2) is 0 Å². The van der Waals surface area contributed by atoms with Crippen molar-refractivity contribution in [2.24, 2.45) is 0 Å². The van der Waals surface area contributed by atoms with Crippen molar-refractivity contribution >= 4 is 0 Å². The van der Waals surface area contributed by atoms with Gasteiger partial charge in [-0.25, -0.2) is 0 Å². The van der Waals surface area contributed by atoms with Crippen molar-refractivity contribution in [2.45, 2.75) is 27.2 Å². The van der Waals surface area contributed by atoms with Crippen molar-refractivity contribution in [2.75, 3.05) is 0 Å². The first-order valence-electron chi connectivity index (χ1n) is 3.21. The molecule has 1 heteroatoms. The summed E-state index contributed by atoms with van der Waals surface area (Å²) in [4.78, 5) is 0. The molecule has 0 radical (unpaired) electrons. The fourth-order valence-electron chi connectivity index (χ4n) is 1.15. The first-order chi connectivity index (χ1) is 4.13. The maximum absolute atomic E-state index is 2.24. The van der Waals surface area contributed by atoms with Gasteiger partial charge in [-0.2, -0.15) is 0 Å². The summed E-state index contributed by atoms with van der Waals surface area (Å²) in [5.74, 6) is 0. The predicted molar refractivity (Wildman–Crippen MR) is 35.7 cm³/mol. The van der Waals surface area contributed by atoms with Gasteiger partial charge in [-0.1, -0.05) is 0 Å². The monoisotopic (exact) mass is 197 g/mol. The standard InChI is InChI=1S/C8H11.Zr/c1-6-4-7(2)8(3)5-6;/h4H2,1-3H3;. The second-order valence-corrected chi connectivity index (χ2v) is 3.97. The first-order valence-corrected chi connectivity index (χ1v) is 4.44. The minimum absolute atomic E-state index is 1.23. The Labute approximate surface area is 71.9 Å². The van der Waals surface area contributed by atoms with E-state index in [2.05, 4.69) is 20.8 Å². The Balaban J connectivity index is 2.97. The zero-order valence-corrected chi connectivity index (χ0v) is 8.67. The Morgan fingerprint density at radius 1 is 1.11 bits per heavy atom. The number of hydrogen-bond acceptors (Lipinski definition) is 0. The fraction of sp³-hybridized carbons (Fsp3) is 0.500. The van der Waals surface area contributed by atoms with E-state index in [0.29, 0.717) is 0 Å². The van der Waals surface area contributed by atoms with Crippen molar-refractivity contribution < 1.29 is 24.7 Å². The van der Waals surface area contributed by atoms with Crippen molar-refractivity contribution in [3.8, 4) is 0 Å². The zero-order chi connectivity index (χ0) is 7.02. The van der Waals surface area contributed by atoms with Gasteiger partial charge in [-0.15, -0.1) is 0 Å². The summed E-state index contributed by atoms with van der Waals surface area (Å²) < 4.78 is 1.60. The Morgan fingerprint density at radius 3 is 1.78 bits per heavy atom. The van der Waals surface area contributed by atoms with E-state index in [4.69, 9.17) is 0 Å². The average molecular weight is 198 g/mol. The van der Waals surface area contributed by atoms with Gasteiger partial charge < -0.3 is 0 Å². The molecule has 0 fully saturated rings. The van der Waals surface area contributed by atoms with Crippen LogP contribution < -0.4 is 0 Å². The van der Waals surface area contributed by atoms with Crippen molar-refractivity contribution in [1.29, 1.82) is 0 Å². The molecule has 47 valence electrons. The van der Waals surface area contributed by atoms with E-state index in [0.717, 1.165) is 0 Å². The van der Waals surface area contributed by atoms with Gasteiger partial charge in [0.05, 0.1) is 0 Å². The second kappa shape index (κ2) is 2.54. The van der Waals surface area contributed by atoms with Gasteiger partial charge in [0.2, 0.25) is 0 Å². The number of allylic oxidation sites excluding steroid dienone is 4. The Morgan fingerprint density at radius 2 is 1.67 bits per heavy atom. The summed E-state index contributed by atoms with van der Waals surface area (Å²) in [6.07, 6.45) is 1.23. The van der Waals surface area contributed by atoms with E-state index >= 15 is 0 Å². The second-order valence-electron chi connectivity index (χ2n) is 2.74. The van der Waals surface area contributed by atoms with Crippen LogP contribution in [0.2, 0.25) is 0 Å². The molecule has 1 aliphatic rings. The molecule has 0 amide bonds. The third-order valence-corrected chi connectivity index (χ3v) is 3.94. The molecule has 1 rings (SSSR count). The van der Waals surface area contributed by atoms with E-state index in [1.807, 2.05) is 0 Å². The Kier molecular flexibility index (Phi) is 2.11. The van der Waals surface area contributed by atoms with Gasteiger partial charge >= 0.3 is 71.9 Å². The van der Waals surface area contributed by atoms with Crippen LogP contribution in [0.1, 0.15) is 27.2 Å². The molecule has 0 heterocycles. The van der Waals surface area contributed by atoms with Crippen LogP contribution in [0.5, 0.6) is 0 Å². The fourth-order valence-corrected chi connectivity index (χ4v) is 1.89. The molecule has 0 aromatic heterocycles. The third kappa shape index (κ3) is 1.26. The molecule has 0 bridgehead atoms. The van der Waals surface area contributed by atoms with Gasteiger partial charge in [0, 0.05) is 0 Å². The normalized spacial score (nSPS) is 19.8. The summed E-state index contributed by atoms with van der Waals surface area (Å²) >= 11 is 1.58. The quantitative estimate of drug-likeness (QED) is 0.561. The van der Waals surface area contributed by atoms with Crippen LogP contribution in [0.4, 0.5) is 0 Å². The summed E-state index contributed by atoms with van der Waals surface area (Å²) in [6.45, 7) is 6.70. The van der Waals surface area contributed by atoms with E-state index in [9.17, 15) is 0 Å². The van der Waals surface area contributed by atoms with E-state index < -0.39 is 0 Å². The molecule has 0 atom stereocenters. The van der Waals surface area contributed by atoms with Crippen LogP contribution in [0.15, 0.2) is 20.0 Å². The van der Waals surface area contributed by atoms with Crippen LogP contribution in [0.25, 0.3) is 0 Å². The van der Waals surface area contributed by atoms with E-state index in [1.165, 1.54) is 6.42 Å². The molecule has 0 aliphatic heterocycles. The van der Waals surface area contributed by atoms with Crippen LogP contribution in [0.3, 0.4) is 0 Å². The molecular formula is C8H11Zr. The predicted octanol–water partition coefficient (Wildman–Crippen LogP) is 2.55. The molecule has 9 heavy (non-hydrogen) atoms. The van der Waals surface area contributed by atoms with Gasteiger partial charge in [0.1, 0.15) is 0 Å². The number of hydrogen-bond donors (Lipinski definition) is 0. The van der Waals surface area contributed by atoms with E-state index in [-0.39, 0.29) is 0 Å². The molecule has 0 saturated heterocycles. The summed E-state index contributed by atoms with van der Waals surface area (Å²) in [5.41, 5.74) is 4.70. The molecule has 0 nitrogen and oxygen atoms in total. The molecular weight excluding hydrogens is 187 g/mol. The van der Waals surface area contributed by atoms with Gasteiger partial charge in [-0.05, 0) is 0 Å². The molecule has 0 spiro atoms. The van der Waals surface area contributed by atoms with Crippen molar-refractivity contribution in [1.82, 2.24) is 0 Å². The molecule has 0 N–H and O–H groups in total. The van der Waals surface area contributed by atoms with Gasteiger partial charge in [0.15, 0.2) is 0 Å². The van der Waals surface area contributed by atoms with Crippen LogP contribution >= 0.6 is 0 Å². The summed E-state index contributed by atoms with van der Waals surface area (Å²) in [6, 6.07) is 0. The van der Waals surface area contributed by atoms with Crippen LogP contribution in [0, 0.1) is 0 Å². The number of rotatable bonds is 0. The SMILES string of the molecule is CC1=C(C)[C]([Zr])=C(C)C1. The van der Waals surface area contributed by atoms with Crippen LogP contribution in [-0.2, 0) is 24.7 Å². The molecule has 0 saturated carbocycles. The van der Waals surface area contributed by atoms with Crippen molar-refractivity contribution in [3.63, 3.8) is 0 Å². The van der Waals surface area contributed by atoms with Gasteiger partial charge in [-0.3, -0.25) is 0 Å². The summed E-state index contributed by atoms with van der Waals surface area (Å²) in [7, 11) is 0. The summed E-state index contributed by atoms with van der Waals surface area (Å²) in [5, 5.41) is 0. The molecule has 1 aliphatic carbocycles. The zero-order valence-electron chi connectivity index (χ0n) is 6.21. The molecule has 0 unspecified atom stereocenters. The average Bonchev–Trinajstić information content (AvgIpc) is 1.98.